The van der Waals surface area contributed by atoms with Crippen LogP contribution in [-0.4, -0.2) is 16.5 Å². The van der Waals surface area contributed by atoms with Gasteiger partial charge in [-0.25, -0.2) is 0 Å². The van der Waals surface area contributed by atoms with Gasteiger partial charge in [-0.05, 0) is 31.6 Å². The maximum Gasteiger partial charge on any atom is 0.151 e. The fraction of sp³-hybridized carbons (Fsp3) is 0.818. The Morgan fingerprint density at radius 1 is 1.15 bits per heavy atom. The molecule has 0 aromatic rings. The van der Waals surface area contributed by atoms with Crippen LogP contribution < -0.4 is 0 Å². The minimum atomic E-state index is -1.13. The van der Waals surface area contributed by atoms with E-state index in [1.165, 1.54) is 19.3 Å². The summed E-state index contributed by atoms with van der Waals surface area (Å²) in [7, 11) is 0. The number of hydrogen-bond donors (Lipinski definition) is 2. The topological polar surface area (TPSA) is 40.5 Å². The zero-order valence-electron chi connectivity index (χ0n) is 8.58. The SMILES string of the molecule is C=CCCCCC(C)CCC(O)O. The van der Waals surface area contributed by atoms with Crippen molar-refractivity contribution in [3.05, 3.63) is 12.7 Å². The molecule has 0 saturated carbocycles. The molecule has 2 heteroatoms. The molecule has 0 spiro atoms. The van der Waals surface area contributed by atoms with Gasteiger partial charge in [0.1, 0.15) is 0 Å². The Morgan fingerprint density at radius 2 is 1.85 bits per heavy atom. The minimum absolute atomic E-state index is 0.503. The molecule has 0 fully saturated rings. The first-order chi connectivity index (χ1) is 6.16. The van der Waals surface area contributed by atoms with Gasteiger partial charge in [0.2, 0.25) is 0 Å². The van der Waals surface area contributed by atoms with Crippen LogP contribution in [0.5, 0.6) is 0 Å². The Bertz CT molecular complexity index is 121. The van der Waals surface area contributed by atoms with E-state index in [0.717, 1.165) is 12.8 Å². The van der Waals surface area contributed by atoms with Crippen LogP contribution in [0.3, 0.4) is 0 Å². The van der Waals surface area contributed by atoms with E-state index >= 15 is 0 Å². The van der Waals surface area contributed by atoms with Crippen molar-refractivity contribution in [2.75, 3.05) is 0 Å². The zero-order valence-corrected chi connectivity index (χ0v) is 8.58. The van der Waals surface area contributed by atoms with E-state index in [1.54, 1.807) is 0 Å². The summed E-state index contributed by atoms with van der Waals surface area (Å²) in [6.07, 6.45) is 6.92. The largest absolute Gasteiger partial charge is 0.368 e. The summed E-state index contributed by atoms with van der Waals surface area (Å²) in [6, 6.07) is 0. The highest BCUT2D eigenvalue weighted by Crippen LogP contribution is 2.15. The second kappa shape index (κ2) is 8.27. The van der Waals surface area contributed by atoms with Gasteiger partial charge in [0.25, 0.3) is 0 Å². The lowest BCUT2D eigenvalue weighted by atomic mass is 9.98. The molecule has 0 saturated heterocycles. The van der Waals surface area contributed by atoms with E-state index in [1.807, 2.05) is 6.08 Å². The van der Waals surface area contributed by atoms with Crippen LogP contribution in [0, 0.1) is 5.92 Å². The van der Waals surface area contributed by atoms with Crippen LogP contribution in [0.4, 0.5) is 0 Å². The molecule has 1 unspecified atom stereocenters. The second-order valence-corrected chi connectivity index (χ2v) is 3.74. The average Bonchev–Trinajstić information content (AvgIpc) is 2.09. The Kier molecular flexibility index (Phi) is 8.05. The van der Waals surface area contributed by atoms with E-state index in [-0.39, 0.29) is 0 Å². The molecule has 0 heterocycles. The summed E-state index contributed by atoms with van der Waals surface area (Å²) < 4.78 is 0. The Labute approximate surface area is 81.3 Å². The van der Waals surface area contributed by atoms with Gasteiger partial charge in [-0.2, -0.15) is 0 Å². The zero-order chi connectivity index (χ0) is 10.1. The lowest BCUT2D eigenvalue weighted by Crippen LogP contribution is -2.06. The third-order valence-corrected chi connectivity index (χ3v) is 2.27. The quantitative estimate of drug-likeness (QED) is 0.347. The Morgan fingerprint density at radius 3 is 2.38 bits per heavy atom. The highest BCUT2D eigenvalue weighted by atomic mass is 16.5. The number of aliphatic hydroxyl groups excluding tert-OH is 1. The lowest BCUT2D eigenvalue weighted by molar-refractivity contribution is -0.0487. The number of aliphatic hydroxyl groups is 2. The van der Waals surface area contributed by atoms with Crippen LogP contribution >= 0.6 is 0 Å². The van der Waals surface area contributed by atoms with Crippen molar-refractivity contribution in [3.63, 3.8) is 0 Å². The van der Waals surface area contributed by atoms with Crippen LogP contribution in [0.2, 0.25) is 0 Å². The summed E-state index contributed by atoms with van der Waals surface area (Å²) in [5.74, 6) is 0.603. The van der Waals surface area contributed by atoms with Gasteiger partial charge >= 0.3 is 0 Å². The first-order valence-corrected chi connectivity index (χ1v) is 5.13. The van der Waals surface area contributed by atoms with Crippen molar-refractivity contribution in [1.29, 1.82) is 0 Å². The fourth-order valence-corrected chi connectivity index (χ4v) is 1.36. The van der Waals surface area contributed by atoms with Crippen LogP contribution in [0.25, 0.3) is 0 Å². The standard InChI is InChI=1S/C11H22O2/c1-3-4-5-6-7-10(2)8-9-11(12)13/h3,10-13H,1,4-9H2,2H3. The van der Waals surface area contributed by atoms with Gasteiger partial charge < -0.3 is 10.2 Å². The molecular formula is C11H22O2. The van der Waals surface area contributed by atoms with Crippen molar-refractivity contribution in [2.24, 2.45) is 5.92 Å². The molecule has 78 valence electrons. The van der Waals surface area contributed by atoms with Gasteiger partial charge in [0.05, 0.1) is 0 Å². The smallest absolute Gasteiger partial charge is 0.151 e. The predicted octanol–water partition coefficient (Wildman–Crippen LogP) is 2.46. The van der Waals surface area contributed by atoms with Gasteiger partial charge in [-0.15, -0.1) is 6.58 Å². The number of unbranched alkanes of at least 4 members (excludes halogenated alkanes) is 2. The van der Waals surface area contributed by atoms with E-state index in [2.05, 4.69) is 13.5 Å². The molecule has 2 nitrogen and oxygen atoms in total. The Hall–Kier alpha value is -0.340. The lowest BCUT2D eigenvalue weighted by Gasteiger charge is -2.11. The molecule has 0 aliphatic heterocycles. The first kappa shape index (κ1) is 12.7. The van der Waals surface area contributed by atoms with Crippen molar-refractivity contribution in [2.45, 2.75) is 51.7 Å². The monoisotopic (exact) mass is 186 g/mol. The normalized spacial score (nSPS) is 13.2. The van der Waals surface area contributed by atoms with Crippen molar-refractivity contribution in [1.82, 2.24) is 0 Å². The molecule has 0 aromatic heterocycles. The van der Waals surface area contributed by atoms with Gasteiger partial charge in [-0.1, -0.05) is 25.8 Å². The molecule has 0 radical (unpaired) electrons. The van der Waals surface area contributed by atoms with Crippen molar-refractivity contribution in [3.8, 4) is 0 Å². The summed E-state index contributed by atoms with van der Waals surface area (Å²) in [5.41, 5.74) is 0. The maximum atomic E-state index is 8.65. The van der Waals surface area contributed by atoms with Crippen LogP contribution in [0.15, 0.2) is 12.7 Å². The third-order valence-electron chi connectivity index (χ3n) is 2.27. The van der Waals surface area contributed by atoms with Crippen LogP contribution in [-0.2, 0) is 0 Å². The molecule has 0 rings (SSSR count). The second-order valence-electron chi connectivity index (χ2n) is 3.74. The molecule has 0 aliphatic rings. The molecule has 0 aliphatic carbocycles. The molecule has 0 bridgehead atoms. The summed E-state index contributed by atoms with van der Waals surface area (Å²) in [4.78, 5) is 0. The molecule has 1 atom stereocenters. The summed E-state index contributed by atoms with van der Waals surface area (Å²) in [6.45, 7) is 5.83. The molecule has 0 amide bonds. The Balaban J connectivity index is 3.19. The maximum absolute atomic E-state index is 8.65. The van der Waals surface area contributed by atoms with E-state index in [4.69, 9.17) is 10.2 Å². The van der Waals surface area contributed by atoms with Crippen LogP contribution in [0.1, 0.15) is 45.4 Å². The molecule has 13 heavy (non-hydrogen) atoms. The highest BCUT2D eigenvalue weighted by Gasteiger charge is 2.04. The average molecular weight is 186 g/mol. The fourth-order valence-electron chi connectivity index (χ4n) is 1.36. The van der Waals surface area contributed by atoms with Gasteiger partial charge in [0.15, 0.2) is 6.29 Å². The van der Waals surface area contributed by atoms with Crippen molar-refractivity contribution < 1.29 is 10.2 Å². The van der Waals surface area contributed by atoms with E-state index < -0.39 is 6.29 Å². The third kappa shape index (κ3) is 9.57. The van der Waals surface area contributed by atoms with E-state index in [9.17, 15) is 0 Å². The summed E-state index contributed by atoms with van der Waals surface area (Å²) >= 11 is 0. The molecular weight excluding hydrogens is 164 g/mol. The number of rotatable bonds is 8. The predicted molar refractivity (Wildman–Crippen MR) is 55.3 cm³/mol. The van der Waals surface area contributed by atoms with Crippen molar-refractivity contribution >= 4 is 0 Å². The number of allylic oxidation sites excluding steroid dienone is 1. The molecule has 2 N–H and O–H groups in total. The molecule has 0 aromatic carbocycles. The van der Waals surface area contributed by atoms with Gasteiger partial charge in [0, 0.05) is 0 Å². The minimum Gasteiger partial charge on any atom is -0.368 e. The van der Waals surface area contributed by atoms with E-state index in [0.29, 0.717) is 12.3 Å². The number of hydrogen-bond acceptors (Lipinski definition) is 2. The highest BCUT2D eigenvalue weighted by molar-refractivity contribution is 4.66. The summed E-state index contributed by atoms with van der Waals surface area (Å²) in [5, 5.41) is 17.3. The van der Waals surface area contributed by atoms with Gasteiger partial charge in [-0.3, -0.25) is 0 Å². The first-order valence-electron chi connectivity index (χ1n) is 5.13.